The lowest BCUT2D eigenvalue weighted by Crippen LogP contribution is -2.41. The number of ketones is 1. The molecule has 0 unspecified atom stereocenters. The number of hydrogen-bond donors (Lipinski definition) is 1. The highest BCUT2D eigenvalue weighted by Gasteiger charge is 2.38. The van der Waals surface area contributed by atoms with Gasteiger partial charge in [0.25, 0.3) is 0 Å². The van der Waals surface area contributed by atoms with Gasteiger partial charge in [-0.05, 0) is 55.5 Å². The Morgan fingerprint density at radius 1 is 1.07 bits per heavy atom. The van der Waals surface area contributed by atoms with E-state index in [0.29, 0.717) is 11.4 Å². The van der Waals surface area contributed by atoms with Crippen molar-refractivity contribution in [2.45, 2.75) is 44.0 Å². The van der Waals surface area contributed by atoms with E-state index in [1.165, 1.54) is 0 Å². The minimum atomic E-state index is -3.77. The zero-order chi connectivity index (χ0) is 19.6. The van der Waals surface area contributed by atoms with Gasteiger partial charge in [0.05, 0.1) is 10.9 Å². The molecule has 27 heavy (non-hydrogen) atoms. The van der Waals surface area contributed by atoms with E-state index in [9.17, 15) is 13.2 Å². The molecule has 4 nitrogen and oxygen atoms in total. The molecule has 0 aromatic heterocycles. The molecule has 1 N–H and O–H groups in total. The lowest BCUT2D eigenvalue weighted by molar-refractivity contribution is -0.127. The molecule has 1 fully saturated rings. The maximum absolute atomic E-state index is 13.0. The van der Waals surface area contributed by atoms with Crippen LogP contribution in [0.4, 0.5) is 0 Å². The Kier molecular flexibility index (Phi) is 6.04. The van der Waals surface area contributed by atoms with E-state index >= 15 is 0 Å². The van der Waals surface area contributed by atoms with Crippen LogP contribution in [0.15, 0.2) is 53.4 Å². The van der Waals surface area contributed by atoms with Crippen molar-refractivity contribution in [2.75, 3.05) is 0 Å². The molecule has 3 rings (SSSR count). The Labute approximate surface area is 166 Å². The van der Waals surface area contributed by atoms with Gasteiger partial charge in [-0.15, -0.1) is 0 Å². The van der Waals surface area contributed by atoms with Crippen LogP contribution >= 0.6 is 11.6 Å². The van der Waals surface area contributed by atoms with Crippen LogP contribution in [0.2, 0.25) is 5.02 Å². The summed E-state index contributed by atoms with van der Waals surface area (Å²) >= 11 is 6.00. The van der Waals surface area contributed by atoms with Gasteiger partial charge in [-0.3, -0.25) is 4.79 Å². The highest BCUT2D eigenvalue weighted by atomic mass is 35.5. The van der Waals surface area contributed by atoms with Crippen molar-refractivity contribution in [3.8, 4) is 0 Å². The van der Waals surface area contributed by atoms with Gasteiger partial charge >= 0.3 is 0 Å². The Hall–Kier alpha value is -1.69. The average molecular weight is 406 g/mol. The van der Waals surface area contributed by atoms with Gasteiger partial charge in [0.2, 0.25) is 10.0 Å². The number of benzene rings is 2. The molecule has 1 aliphatic rings. The monoisotopic (exact) mass is 405 g/mol. The van der Waals surface area contributed by atoms with Crippen LogP contribution in [-0.4, -0.2) is 14.2 Å². The van der Waals surface area contributed by atoms with Crippen LogP contribution in [0.1, 0.15) is 43.4 Å². The predicted molar refractivity (Wildman–Crippen MR) is 107 cm³/mol. The SMILES string of the molecule is Cc1ccc(S(=O)(=O)N[C@@H](c2ccc(Cl)cc2)[C@@H]2C(=O)CCC[C@H]2C)cc1. The number of halogens is 1. The third-order valence-electron chi connectivity index (χ3n) is 5.27. The summed E-state index contributed by atoms with van der Waals surface area (Å²) < 4.78 is 28.8. The molecule has 0 spiro atoms. The van der Waals surface area contributed by atoms with E-state index in [4.69, 9.17) is 11.6 Å². The number of Topliss-reactive ketones (excluding diaryl/α,β-unsaturated/α-hetero) is 1. The van der Waals surface area contributed by atoms with Crippen molar-refractivity contribution < 1.29 is 13.2 Å². The fourth-order valence-electron chi connectivity index (χ4n) is 3.75. The normalized spacial score (nSPS) is 21.8. The molecule has 6 heteroatoms. The van der Waals surface area contributed by atoms with Gasteiger partial charge in [-0.2, -0.15) is 0 Å². The first-order chi connectivity index (χ1) is 12.8. The first-order valence-corrected chi connectivity index (χ1v) is 11.0. The number of carbonyl (C=O) groups is 1. The standard InChI is InChI=1S/C21H24ClNO3S/c1-14-6-12-18(13-7-14)27(25,26)23-21(16-8-10-17(22)11-9-16)20-15(2)4-3-5-19(20)24/h6-13,15,20-21,23H,3-5H2,1-2H3/t15-,20+,21+/m1/s1. The maximum atomic E-state index is 13.0. The van der Waals surface area contributed by atoms with Crippen LogP contribution in [0.3, 0.4) is 0 Å². The molecular formula is C21H24ClNO3S. The third kappa shape index (κ3) is 4.60. The fraction of sp³-hybridized carbons (Fsp3) is 0.381. The number of aryl methyl sites for hydroxylation is 1. The summed E-state index contributed by atoms with van der Waals surface area (Å²) in [5, 5.41) is 0.571. The summed E-state index contributed by atoms with van der Waals surface area (Å²) in [6.45, 7) is 3.92. The van der Waals surface area contributed by atoms with Crippen molar-refractivity contribution >= 4 is 27.4 Å². The van der Waals surface area contributed by atoms with Gasteiger partial charge in [0.1, 0.15) is 5.78 Å². The molecule has 0 radical (unpaired) electrons. The number of carbonyl (C=O) groups excluding carboxylic acids is 1. The van der Waals surface area contributed by atoms with E-state index in [1.54, 1.807) is 48.5 Å². The lowest BCUT2D eigenvalue weighted by atomic mass is 9.74. The molecule has 1 saturated carbocycles. The molecule has 1 aliphatic carbocycles. The third-order valence-corrected chi connectivity index (χ3v) is 6.98. The molecule has 2 aromatic carbocycles. The smallest absolute Gasteiger partial charge is 0.241 e. The van der Waals surface area contributed by atoms with Gasteiger partial charge in [0.15, 0.2) is 0 Å². The van der Waals surface area contributed by atoms with Gasteiger partial charge < -0.3 is 0 Å². The Morgan fingerprint density at radius 3 is 2.30 bits per heavy atom. The molecule has 0 bridgehead atoms. The molecule has 0 heterocycles. The summed E-state index contributed by atoms with van der Waals surface area (Å²) in [5.41, 5.74) is 1.74. The van der Waals surface area contributed by atoms with Crippen LogP contribution in [0, 0.1) is 18.8 Å². The van der Waals surface area contributed by atoms with E-state index in [-0.39, 0.29) is 22.5 Å². The summed E-state index contributed by atoms with van der Waals surface area (Å²) in [5.74, 6) is -0.173. The van der Waals surface area contributed by atoms with Crippen LogP contribution in [-0.2, 0) is 14.8 Å². The molecule has 0 saturated heterocycles. The highest BCUT2D eigenvalue weighted by Crippen LogP contribution is 2.37. The van der Waals surface area contributed by atoms with E-state index < -0.39 is 16.1 Å². The number of hydrogen-bond acceptors (Lipinski definition) is 3. The second kappa shape index (κ2) is 8.13. The zero-order valence-electron chi connectivity index (χ0n) is 15.5. The molecule has 0 aliphatic heterocycles. The first kappa shape index (κ1) is 20.1. The number of rotatable bonds is 5. The van der Waals surface area contributed by atoms with Crippen LogP contribution < -0.4 is 4.72 Å². The molecule has 0 amide bonds. The van der Waals surface area contributed by atoms with Gasteiger partial charge in [0, 0.05) is 17.4 Å². The highest BCUT2D eigenvalue weighted by molar-refractivity contribution is 7.89. The van der Waals surface area contributed by atoms with Gasteiger partial charge in [-0.25, -0.2) is 13.1 Å². The Morgan fingerprint density at radius 2 is 1.70 bits per heavy atom. The maximum Gasteiger partial charge on any atom is 0.241 e. The summed E-state index contributed by atoms with van der Waals surface area (Å²) in [7, 11) is -3.77. The molecule has 3 atom stereocenters. The van der Waals surface area contributed by atoms with Crippen molar-refractivity contribution in [1.82, 2.24) is 4.72 Å². The second-order valence-electron chi connectivity index (χ2n) is 7.33. The summed E-state index contributed by atoms with van der Waals surface area (Å²) in [6.07, 6.45) is 2.26. The Bertz CT molecular complexity index is 907. The summed E-state index contributed by atoms with van der Waals surface area (Å²) in [6, 6.07) is 13.1. The van der Waals surface area contributed by atoms with Gasteiger partial charge in [-0.1, -0.05) is 48.4 Å². The van der Waals surface area contributed by atoms with Crippen molar-refractivity contribution in [3.63, 3.8) is 0 Å². The fourth-order valence-corrected chi connectivity index (χ4v) is 5.12. The van der Waals surface area contributed by atoms with Crippen molar-refractivity contribution in [1.29, 1.82) is 0 Å². The van der Waals surface area contributed by atoms with E-state index in [1.807, 2.05) is 13.8 Å². The van der Waals surface area contributed by atoms with Crippen LogP contribution in [0.25, 0.3) is 0 Å². The van der Waals surface area contributed by atoms with Crippen molar-refractivity contribution in [2.24, 2.45) is 11.8 Å². The molecule has 144 valence electrons. The summed E-state index contributed by atoms with van der Waals surface area (Å²) in [4.78, 5) is 12.9. The minimum absolute atomic E-state index is 0.104. The molecular weight excluding hydrogens is 382 g/mol. The van der Waals surface area contributed by atoms with E-state index in [0.717, 1.165) is 24.0 Å². The second-order valence-corrected chi connectivity index (χ2v) is 9.48. The quantitative estimate of drug-likeness (QED) is 0.785. The number of sulfonamides is 1. The Balaban J connectivity index is 2.00. The minimum Gasteiger partial charge on any atom is -0.299 e. The predicted octanol–water partition coefficient (Wildman–Crippen LogP) is 4.67. The zero-order valence-corrected chi connectivity index (χ0v) is 17.1. The molecule has 2 aromatic rings. The lowest BCUT2D eigenvalue weighted by Gasteiger charge is -2.34. The van der Waals surface area contributed by atoms with Crippen molar-refractivity contribution in [3.05, 3.63) is 64.7 Å². The first-order valence-electron chi connectivity index (χ1n) is 9.15. The van der Waals surface area contributed by atoms with E-state index in [2.05, 4.69) is 4.72 Å². The van der Waals surface area contributed by atoms with Crippen LogP contribution in [0.5, 0.6) is 0 Å². The number of nitrogens with one attached hydrogen (secondary N) is 1. The largest absolute Gasteiger partial charge is 0.299 e. The average Bonchev–Trinajstić information content (AvgIpc) is 2.61. The topological polar surface area (TPSA) is 63.2 Å².